The van der Waals surface area contributed by atoms with Gasteiger partial charge in [0.2, 0.25) is 0 Å². The van der Waals surface area contributed by atoms with Gasteiger partial charge in [0.1, 0.15) is 5.69 Å². The van der Waals surface area contributed by atoms with Gasteiger partial charge < -0.3 is 5.32 Å². The summed E-state index contributed by atoms with van der Waals surface area (Å²) in [6.45, 7) is 4.28. The lowest BCUT2D eigenvalue weighted by molar-refractivity contribution is 0.529. The van der Waals surface area contributed by atoms with Crippen LogP contribution in [-0.2, 0) is 0 Å². The van der Waals surface area contributed by atoms with Gasteiger partial charge in [-0.3, -0.25) is 4.99 Å². The van der Waals surface area contributed by atoms with Crippen LogP contribution in [0, 0.1) is 17.6 Å². The molecule has 0 amide bonds. The quantitative estimate of drug-likeness (QED) is 0.859. The summed E-state index contributed by atoms with van der Waals surface area (Å²) in [5.74, 6) is 0.181. The van der Waals surface area contributed by atoms with Crippen molar-refractivity contribution < 1.29 is 8.78 Å². The van der Waals surface area contributed by atoms with E-state index in [1.54, 1.807) is 0 Å². The third kappa shape index (κ3) is 3.92. The van der Waals surface area contributed by atoms with Crippen molar-refractivity contribution in [1.29, 1.82) is 0 Å². The molecule has 1 heterocycles. The fraction of sp³-hybridized carbons (Fsp3) is 0.462. The van der Waals surface area contributed by atoms with Gasteiger partial charge in [0.25, 0.3) is 0 Å². The second kappa shape index (κ2) is 6.22. The van der Waals surface area contributed by atoms with Crippen LogP contribution in [0.15, 0.2) is 21.6 Å². The zero-order chi connectivity index (χ0) is 14.0. The molecule has 0 saturated heterocycles. The molecule has 1 N–H and O–H groups in total. The molecule has 0 bridgehead atoms. The van der Waals surface area contributed by atoms with E-state index in [4.69, 9.17) is 0 Å². The molecule has 19 heavy (non-hydrogen) atoms. The van der Waals surface area contributed by atoms with Crippen LogP contribution in [0.5, 0.6) is 0 Å². The van der Waals surface area contributed by atoms with Gasteiger partial charge in [-0.15, -0.1) is 0 Å². The molecule has 104 valence electrons. The van der Waals surface area contributed by atoms with Crippen molar-refractivity contribution in [1.82, 2.24) is 0 Å². The first-order valence-electron chi connectivity index (χ1n) is 6.08. The molecule has 1 aliphatic rings. The molecule has 1 atom stereocenters. The van der Waals surface area contributed by atoms with E-state index in [0.717, 1.165) is 12.2 Å². The molecule has 1 unspecified atom stereocenters. The smallest absolute Gasteiger partial charge is 0.161 e. The molecule has 1 aromatic carbocycles. The van der Waals surface area contributed by atoms with Gasteiger partial charge in [-0.25, -0.2) is 8.78 Å². The Morgan fingerprint density at radius 3 is 2.63 bits per heavy atom. The molecule has 2 rings (SSSR count). The average molecular weight is 349 g/mol. The Bertz CT molecular complexity index is 482. The summed E-state index contributed by atoms with van der Waals surface area (Å²) in [6.07, 6.45) is 0.990. The van der Waals surface area contributed by atoms with Crippen molar-refractivity contribution in [2.24, 2.45) is 10.9 Å². The number of aliphatic imine (C=N–C) groups is 1. The van der Waals surface area contributed by atoms with Crippen molar-refractivity contribution in [3.63, 3.8) is 0 Å². The van der Waals surface area contributed by atoms with E-state index < -0.39 is 11.6 Å². The summed E-state index contributed by atoms with van der Waals surface area (Å²) >= 11 is 4.56. The topological polar surface area (TPSA) is 24.4 Å². The molecule has 6 heteroatoms. The van der Waals surface area contributed by atoms with Gasteiger partial charge in [0.15, 0.2) is 16.8 Å². The molecule has 0 saturated carbocycles. The summed E-state index contributed by atoms with van der Waals surface area (Å²) in [5, 5.41) is 3.34. The summed E-state index contributed by atoms with van der Waals surface area (Å²) in [6, 6.07) is 2.70. The normalized spacial score (nSPS) is 18.8. The summed E-state index contributed by atoms with van der Waals surface area (Å²) in [5.41, 5.74) is -0.139. The Balaban J connectivity index is 2.10. The molecule has 2 nitrogen and oxygen atoms in total. The lowest BCUT2D eigenvalue weighted by Crippen LogP contribution is -2.10. The largest absolute Gasteiger partial charge is 0.330 e. The lowest BCUT2D eigenvalue weighted by atomic mass is 10.1. The number of nitrogens with zero attached hydrogens (tertiary/aromatic N) is 1. The highest BCUT2D eigenvalue weighted by Gasteiger charge is 2.21. The summed E-state index contributed by atoms with van der Waals surface area (Å²) < 4.78 is 27.7. The number of rotatable bonds is 3. The predicted octanol–water partition coefficient (Wildman–Crippen LogP) is 4.66. The molecule has 0 fully saturated rings. The Morgan fingerprint density at radius 2 is 2.05 bits per heavy atom. The van der Waals surface area contributed by atoms with Crippen molar-refractivity contribution in [3.8, 4) is 0 Å². The third-order valence-electron chi connectivity index (χ3n) is 2.69. The lowest BCUT2D eigenvalue weighted by Gasteiger charge is -2.08. The molecule has 1 aliphatic heterocycles. The Hall–Kier alpha value is -0.620. The predicted molar refractivity (Wildman–Crippen MR) is 80.8 cm³/mol. The SMILES string of the molecule is CC(C)CC1CSC(Nc2c(F)cc(Br)cc2F)=N1. The number of hydrogen-bond acceptors (Lipinski definition) is 3. The van der Waals surface area contributed by atoms with Crippen molar-refractivity contribution in [2.45, 2.75) is 26.3 Å². The molecule has 0 aromatic heterocycles. The van der Waals surface area contributed by atoms with Crippen LogP contribution in [-0.4, -0.2) is 17.0 Å². The van der Waals surface area contributed by atoms with Crippen LogP contribution in [0.1, 0.15) is 20.3 Å². The van der Waals surface area contributed by atoms with E-state index in [1.807, 2.05) is 0 Å². The molecule has 0 spiro atoms. The number of hydrogen-bond donors (Lipinski definition) is 1. The first-order chi connectivity index (χ1) is 8.95. The van der Waals surface area contributed by atoms with E-state index in [9.17, 15) is 8.78 Å². The maximum Gasteiger partial charge on any atom is 0.161 e. The van der Waals surface area contributed by atoms with Gasteiger partial charge in [0.05, 0.1) is 6.04 Å². The van der Waals surface area contributed by atoms with Crippen molar-refractivity contribution >= 4 is 38.5 Å². The van der Waals surface area contributed by atoms with Gasteiger partial charge >= 0.3 is 0 Å². The fourth-order valence-corrected chi connectivity index (χ4v) is 3.28. The Labute approximate surface area is 124 Å². The Morgan fingerprint density at radius 1 is 1.42 bits per heavy atom. The van der Waals surface area contributed by atoms with Crippen LogP contribution >= 0.6 is 27.7 Å². The highest BCUT2D eigenvalue weighted by atomic mass is 79.9. The van der Waals surface area contributed by atoms with E-state index in [1.165, 1.54) is 23.9 Å². The van der Waals surface area contributed by atoms with Crippen LogP contribution in [0.4, 0.5) is 14.5 Å². The van der Waals surface area contributed by atoms with Crippen molar-refractivity contribution in [3.05, 3.63) is 28.2 Å². The van der Waals surface area contributed by atoms with Gasteiger partial charge in [-0.1, -0.05) is 41.5 Å². The van der Waals surface area contributed by atoms with Crippen molar-refractivity contribution in [2.75, 3.05) is 11.1 Å². The number of amidine groups is 1. The second-order valence-corrected chi connectivity index (χ2v) is 6.82. The van der Waals surface area contributed by atoms with Gasteiger partial charge in [-0.05, 0) is 24.5 Å². The minimum atomic E-state index is -0.623. The molecule has 1 aromatic rings. The van der Waals surface area contributed by atoms with Gasteiger partial charge in [-0.2, -0.15) is 0 Å². The molecule has 0 radical (unpaired) electrons. The number of halogens is 3. The summed E-state index contributed by atoms with van der Waals surface area (Å²) in [4.78, 5) is 4.45. The number of nitrogens with one attached hydrogen (secondary N) is 1. The minimum absolute atomic E-state index is 0.139. The average Bonchev–Trinajstić information content (AvgIpc) is 2.70. The van der Waals surface area contributed by atoms with Crippen LogP contribution in [0.25, 0.3) is 0 Å². The Kier molecular flexibility index (Phi) is 4.84. The van der Waals surface area contributed by atoms with E-state index in [-0.39, 0.29) is 11.7 Å². The first kappa shape index (κ1) is 14.8. The van der Waals surface area contributed by atoms with Crippen LogP contribution in [0.2, 0.25) is 0 Å². The fourth-order valence-electron chi connectivity index (χ4n) is 1.92. The highest BCUT2D eigenvalue weighted by Crippen LogP contribution is 2.28. The van der Waals surface area contributed by atoms with E-state index in [0.29, 0.717) is 15.6 Å². The molecular weight excluding hydrogens is 334 g/mol. The van der Waals surface area contributed by atoms with E-state index in [2.05, 4.69) is 40.1 Å². The van der Waals surface area contributed by atoms with E-state index >= 15 is 0 Å². The minimum Gasteiger partial charge on any atom is -0.330 e. The number of anilines is 1. The number of benzene rings is 1. The highest BCUT2D eigenvalue weighted by molar-refractivity contribution is 9.10. The van der Waals surface area contributed by atoms with Crippen LogP contribution in [0.3, 0.4) is 0 Å². The second-order valence-electron chi connectivity index (χ2n) is 4.90. The standard InChI is InChI=1S/C13H15BrF2N2S/c1-7(2)3-9-6-19-13(17-9)18-12-10(15)4-8(14)5-11(12)16/h4-5,7,9H,3,6H2,1-2H3,(H,17,18). The monoisotopic (exact) mass is 348 g/mol. The first-order valence-corrected chi connectivity index (χ1v) is 7.85. The van der Waals surface area contributed by atoms with Crippen LogP contribution < -0.4 is 5.32 Å². The van der Waals surface area contributed by atoms with Gasteiger partial charge in [0, 0.05) is 10.2 Å². The maximum absolute atomic E-state index is 13.7. The molecule has 0 aliphatic carbocycles. The third-order valence-corrected chi connectivity index (χ3v) is 4.18. The zero-order valence-electron chi connectivity index (χ0n) is 10.7. The zero-order valence-corrected chi connectivity index (χ0v) is 13.1. The maximum atomic E-state index is 13.7. The number of thioether (sulfide) groups is 1. The summed E-state index contributed by atoms with van der Waals surface area (Å²) in [7, 11) is 0. The molecular formula is C13H15BrF2N2S.